The average molecular weight is 140 g/mol. The first-order valence-corrected chi connectivity index (χ1v) is 4.61. The second kappa shape index (κ2) is 4.36. The Labute approximate surface area is 67.5 Å². The molecule has 9 heavy (non-hydrogen) atoms. The van der Waals surface area contributed by atoms with E-state index in [1.165, 1.54) is 5.28 Å². The summed E-state index contributed by atoms with van der Waals surface area (Å²) >= 11 is 2.83. The van der Waals surface area contributed by atoms with Gasteiger partial charge < -0.3 is 0 Å². The summed E-state index contributed by atoms with van der Waals surface area (Å²) in [7, 11) is 0. The maximum absolute atomic E-state index is 2.83. The third-order valence-corrected chi connectivity index (χ3v) is 2.53. The highest BCUT2D eigenvalue weighted by atomic mass is 27.0. The molecular weight excluding hydrogens is 123 g/mol. The fraction of sp³-hybridized carbons (Fsp3) is 1.00. The Bertz CT molecular complexity index is 59.0. The Kier molecular flexibility index (Phi) is 4.62. The second-order valence-electron chi connectivity index (χ2n) is 3.39. The van der Waals surface area contributed by atoms with Gasteiger partial charge in [-0.1, -0.05) is 33.6 Å². The molecule has 0 aromatic carbocycles. The molecule has 0 fully saturated rings. The molecule has 0 aromatic rings. The summed E-state index contributed by atoms with van der Waals surface area (Å²) in [6.45, 7) is 9.20. The zero-order valence-corrected chi connectivity index (χ0v) is 8.17. The van der Waals surface area contributed by atoms with E-state index in [1.54, 1.807) is 0 Å². The van der Waals surface area contributed by atoms with Crippen LogP contribution in [0.25, 0.3) is 0 Å². The van der Waals surface area contributed by atoms with Crippen LogP contribution in [0.5, 0.6) is 0 Å². The fourth-order valence-corrected chi connectivity index (χ4v) is 2.40. The smallest absolute Gasteiger partial charge is 0.115 e. The Morgan fingerprint density at radius 2 is 1.33 bits per heavy atom. The van der Waals surface area contributed by atoms with E-state index in [4.69, 9.17) is 0 Å². The fourth-order valence-electron chi connectivity index (χ4n) is 1.31. The normalized spacial score (nSPS) is 11.9. The largest absolute Gasteiger partial charge is 0.118 e. The molecule has 0 aromatic heterocycles. The maximum atomic E-state index is 2.83. The summed E-state index contributed by atoms with van der Waals surface area (Å²) in [6, 6.07) is 0. The molecule has 0 amide bonds. The molecule has 0 saturated heterocycles. The predicted octanol–water partition coefficient (Wildman–Crippen LogP) is 2.50. The highest BCUT2D eigenvalue weighted by Crippen LogP contribution is 2.22. The summed E-state index contributed by atoms with van der Waals surface area (Å²) in [5.74, 6) is 2.56. The van der Waals surface area contributed by atoms with Gasteiger partial charge in [0, 0.05) is 0 Å². The number of hydrogen-bond acceptors (Lipinski definition) is 0. The molecule has 0 aliphatic heterocycles. The van der Waals surface area contributed by atoms with Gasteiger partial charge in [-0.05, 0) is 11.8 Å². The van der Waals surface area contributed by atoms with Crippen LogP contribution in [-0.2, 0) is 0 Å². The molecule has 0 aliphatic carbocycles. The van der Waals surface area contributed by atoms with E-state index >= 15 is 0 Å². The van der Waals surface area contributed by atoms with E-state index in [0.29, 0.717) is 0 Å². The minimum Gasteiger partial charge on any atom is -0.115 e. The minimum atomic E-state index is 0.836. The SMILES string of the molecule is CC(C)C([CH2][Al])C(C)C. The molecule has 0 heterocycles. The third kappa shape index (κ3) is 3.28. The van der Waals surface area contributed by atoms with Crippen LogP contribution in [-0.4, -0.2) is 16.3 Å². The molecular formula is C8H17Al. The quantitative estimate of drug-likeness (QED) is 0.528. The second-order valence-corrected chi connectivity index (χ2v) is 3.86. The van der Waals surface area contributed by atoms with Crippen molar-refractivity contribution >= 4 is 16.3 Å². The van der Waals surface area contributed by atoms with Gasteiger partial charge in [-0.15, -0.1) is 5.28 Å². The van der Waals surface area contributed by atoms with Crippen LogP contribution >= 0.6 is 0 Å². The van der Waals surface area contributed by atoms with E-state index in [1.807, 2.05) is 0 Å². The van der Waals surface area contributed by atoms with Crippen LogP contribution in [0.2, 0.25) is 5.28 Å². The van der Waals surface area contributed by atoms with Gasteiger partial charge in [-0.2, -0.15) is 0 Å². The van der Waals surface area contributed by atoms with Gasteiger partial charge in [-0.25, -0.2) is 0 Å². The zero-order valence-electron chi connectivity index (χ0n) is 7.02. The van der Waals surface area contributed by atoms with E-state index in [9.17, 15) is 0 Å². The van der Waals surface area contributed by atoms with Gasteiger partial charge in [0.2, 0.25) is 0 Å². The maximum Gasteiger partial charge on any atom is 0.118 e. The van der Waals surface area contributed by atoms with Crippen molar-refractivity contribution in [3.05, 3.63) is 0 Å². The standard InChI is InChI=1S/C8H17.Al/c1-6(2)8(5)7(3)4;/h6-8H,5H2,1-4H3;. The summed E-state index contributed by atoms with van der Waals surface area (Å²) in [5, 5.41) is 1.25. The average Bonchev–Trinajstić information content (AvgIpc) is 1.64. The van der Waals surface area contributed by atoms with Crippen molar-refractivity contribution in [2.45, 2.75) is 33.0 Å². The molecule has 0 aliphatic rings. The first kappa shape index (κ1) is 9.53. The van der Waals surface area contributed by atoms with Crippen molar-refractivity contribution in [3.63, 3.8) is 0 Å². The van der Waals surface area contributed by atoms with E-state index in [-0.39, 0.29) is 0 Å². The van der Waals surface area contributed by atoms with Gasteiger partial charge in [-0.3, -0.25) is 0 Å². The molecule has 0 saturated carbocycles. The Morgan fingerprint density at radius 1 is 1.00 bits per heavy atom. The van der Waals surface area contributed by atoms with Crippen LogP contribution in [0.15, 0.2) is 0 Å². The topological polar surface area (TPSA) is 0 Å². The van der Waals surface area contributed by atoms with E-state index in [0.717, 1.165) is 17.8 Å². The summed E-state index contributed by atoms with van der Waals surface area (Å²) < 4.78 is 0. The third-order valence-electron chi connectivity index (χ3n) is 1.98. The van der Waals surface area contributed by atoms with Gasteiger partial charge in [0.05, 0.1) is 0 Å². The monoisotopic (exact) mass is 140 g/mol. The Morgan fingerprint density at radius 3 is 1.33 bits per heavy atom. The lowest BCUT2D eigenvalue weighted by molar-refractivity contribution is 0.317. The van der Waals surface area contributed by atoms with Crippen molar-refractivity contribution in [2.75, 3.05) is 0 Å². The van der Waals surface area contributed by atoms with Crippen molar-refractivity contribution in [1.82, 2.24) is 0 Å². The molecule has 52 valence electrons. The summed E-state index contributed by atoms with van der Waals surface area (Å²) in [4.78, 5) is 0. The van der Waals surface area contributed by atoms with Crippen LogP contribution < -0.4 is 0 Å². The lowest BCUT2D eigenvalue weighted by Crippen LogP contribution is -2.14. The highest BCUT2D eigenvalue weighted by molar-refractivity contribution is 6.08. The Balaban J connectivity index is 3.68. The van der Waals surface area contributed by atoms with Gasteiger partial charge in [0.1, 0.15) is 16.3 Å². The van der Waals surface area contributed by atoms with Gasteiger partial charge >= 0.3 is 0 Å². The molecule has 2 radical (unpaired) electrons. The first-order chi connectivity index (χ1) is 4.09. The van der Waals surface area contributed by atoms with Crippen molar-refractivity contribution < 1.29 is 0 Å². The predicted molar refractivity (Wildman–Crippen MR) is 43.7 cm³/mol. The van der Waals surface area contributed by atoms with Crippen LogP contribution in [0.4, 0.5) is 0 Å². The number of hydrogen-bond donors (Lipinski definition) is 0. The van der Waals surface area contributed by atoms with Crippen molar-refractivity contribution in [3.8, 4) is 0 Å². The molecule has 0 spiro atoms. The molecule has 1 heteroatoms. The highest BCUT2D eigenvalue weighted by Gasteiger charge is 2.13. The van der Waals surface area contributed by atoms with Gasteiger partial charge in [0.15, 0.2) is 0 Å². The summed E-state index contributed by atoms with van der Waals surface area (Å²) in [6.07, 6.45) is 0. The van der Waals surface area contributed by atoms with Crippen LogP contribution in [0.1, 0.15) is 27.7 Å². The molecule has 0 bridgehead atoms. The first-order valence-electron chi connectivity index (χ1n) is 3.79. The Hall–Kier alpha value is 0.532. The van der Waals surface area contributed by atoms with Crippen molar-refractivity contribution in [1.29, 1.82) is 0 Å². The van der Waals surface area contributed by atoms with Gasteiger partial charge in [0.25, 0.3) is 0 Å². The lowest BCUT2D eigenvalue weighted by Gasteiger charge is -2.23. The zero-order chi connectivity index (χ0) is 7.44. The lowest BCUT2D eigenvalue weighted by atomic mass is 9.87. The van der Waals surface area contributed by atoms with E-state index < -0.39 is 0 Å². The van der Waals surface area contributed by atoms with Crippen molar-refractivity contribution in [2.24, 2.45) is 17.8 Å². The van der Waals surface area contributed by atoms with Crippen LogP contribution in [0.3, 0.4) is 0 Å². The number of rotatable bonds is 3. The summed E-state index contributed by atoms with van der Waals surface area (Å²) in [5.41, 5.74) is 0. The minimum absolute atomic E-state index is 0.836. The molecule has 0 N–H and O–H groups in total. The molecule has 0 rings (SSSR count). The molecule has 0 nitrogen and oxygen atoms in total. The van der Waals surface area contributed by atoms with Crippen LogP contribution in [0, 0.1) is 17.8 Å². The molecule has 0 unspecified atom stereocenters. The van der Waals surface area contributed by atoms with E-state index in [2.05, 4.69) is 44.0 Å². The molecule has 0 atom stereocenters.